The molecule has 3 rings (SSSR count). The van der Waals surface area contributed by atoms with Crippen LogP contribution in [0.3, 0.4) is 0 Å². The van der Waals surface area contributed by atoms with Crippen LogP contribution in [0.15, 0.2) is 57.6 Å². The van der Waals surface area contributed by atoms with E-state index in [1.165, 1.54) is 13.3 Å². The number of halogens is 4. The summed E-state index contributed by atoms with van der Waals surface area (Å²) in [7, 11) is 1.19. The smallest absolute Gasteiger partial charge is 0.416 e. The molecule has 0 saturated carbocycles. The van der Waals surface area contributed by atoms with E-state index in [-0.39, 0.29) is 20.9 Å². The molecule has 0 radical (unpaired) electrons. The normalized spacial score (nSPS) is 16.9. The molecule has 0 spiro atoms. The molecule has 1 aromatic carbocycles. The van der Waals surface area contributed by atoms with Gasteiger partial charge in [-0.2, -0.15) is 18.3 Å². The highest BCUT2D eigenvalue weighted by atomic mass is 35.5. The Hall–Kier alpha value is -3.18. The second kappa shape index (κ2) is 9.31. The summed E-state index contributed by atoms with van der Waals surface area (Å²) >= 11 is 6.64. The zero-order valence-electron chi connectivity index (χ0n) is 15.6. The second-order valence-electron chi connectivity index (χ2n) is 5.92. The van der Waals surface area contributed by atoms with Crippen molar-refractivity contribution in [3.05, 3.63) is 63.7 Å². The number of thioether (sulfide) groups is 1. The topological polar surface area (TPSA) is 93.0 Å². The molecule has 1 N–H and O–H groups in total. The van der Waals surface area contributed by atoms with Crippen molar-refractivity contribution in [1.29, 1.82) is 0 Å². The number of amidine groups is 1. The van der Waals surface area contributed by atoms with Gasteiger partial charge in [0.25, 0.3) is 5.91 Å². The molecule has 1 aromatic heterocycles. The SMILES string of the molecule is COC(=O)/C=C1/S/C(=N\N=Cc2ccc(-c3cc(C(F)(F)F)cc(Cl)n3)cc2)NC1=O. The molecule has 160 valence electrons. The highest BCUT2D eigenvalue weighted by Crippen LogP contribution is 2.33. The number of carbonyl (C=O) groups is 2. The summed E-state index contributed by atoms with van der Waals surface area (Å²) < 4.78 is 43.3. The van der Waals surface area contributed by atoms with Crippen LogP contribution < -0.4 is 5.32 Å². The monoisotopic (exact) mass is 468 g/mol. The first kappa shape index (κ1) is 22.5. The summed E-state index contributed by atoms with van der Waals surface area (Å²) in [6.07, 6.45) is -2.11. The molecule has 0 bridgehead atoms. The lowest BCUT2D eigenvalue weighted by Crippen LogP contribution is -2.19. The summed E-state index contributed by atoms with van der Waals surface area (Å²) in [6.45, 7) is 0. The number of pyridine rings is 1. The molecule has 2 heterocycles. The molecule has 31 heavy (non-hydrogen) atoms. The molecule has 12 heteroatoms. The van der Waals surface area contributed by atoms with E-state index in [1.807, 2.05) is 0 Å². The first-order valence-corrected chi connectivity index (χ1v) is 9.60. The third kappa shape index (κ3) is 5.92. The minimum Gasteiger partial charge on any atom is -0.466 e. The van der Waals surface area contributed by atoms with Crippen molar-refractivity contribution in [2.45, 2.75) is 6.18 Å². The molecular weight excluding hydrogens is 457 g/mol. The molecule has 1 amide bonds. The summed E-state index contributed by atoms with van der Waals surface area (Å²) in [6, 6.07) is 8.03. The molecule has 7 nitrogen and oxygen atoms in total. The molecule has 1 aliphatic heterocycles. The Morgan fingerprint density at radius 2 is 1.97 bits per heavy atom. The minimum atomic E-state index is -4.54. The van der Waals surface area contributed by atoms with Gasteiger partial charge in [-0.3, -0.25) is 10.1 Å². The Balaban J connectivity index is 1.72. The average Bonchev–Trinajstić information content (AvgIpc) is 3.06. The number of hydrogen-bond acceptors (Lipinski definition) is 7. The van der Waals surface area contributed by atoms with Gasteiger partial charge in [-0.05, 0) is 29.5 Å². The Morgan fingerprint density at radius 1 is 1.26 bits per heavy atom. The number of ether oxygens (including phenoxy) is 1. The van der Waals surface area contributed by atoms with Gasteiger partial charge in [0.1, 0.15) is 5.15 Å². The minimum absolute atomic E-state index is 0.0820. The van der Waals surface area contributed by atoms with E-state index < -0.39 is 23.6 Å². The molecule has 0 atom stereocenters. The molecule has 1 fully saturated rings. The van der Waals surface area contributed by atoms with Crippen molar-refractivity contribution in [1.82, 2.24) is 10.3 Å². The Morgan fingerprint density at radius 3 is 2.61 bits per heavy atom. The van der Waals surface area contributed by atoms with E-state index in [2.05, 4.69) is 25.2 Å². The van der Waals surface area contributed by atoms with E-state index in [0.29, 0.717) is 11.1 Å². The number of benzene rings is 1. The van der Waals surface area contributed by atoms with Gasteiger partial charge < -0.3 is 4.74 Å². The summed E-state index contributed by atoms with van der Waals surface area (Å²) in [4.78, 5) is 27.0. The summed E-state index contributed by atoms with van der Waals surface area (Å²) in [5.74, 6) is -1.17. The van der Waals surface area contributed by atoms with E-state index in [9.17, 15) is 22.8 Å². The van der Waals surface area contributed by atoms with Gasteiger partial charge in [-0.25, -0.2) is 9.78 Å². The number of esters is 1. The van der Waals surface area contributed by atoms with Crippen molar-refractivity contribution in [3.8, 4) is 11.3 Å². The quantitative estimate of drug-likeness (QED) is 0.240. The summed E-state index contributed by atoms with van der Waals surface area (Å²) in [5, 5.41) is 10.1. The first-order chi connectivity index (χ1) is 14.7. The number of aromatic nitrogens is 1. The molecule has 0 aliphatic carbocycles. The van der Waals surface area contributed by atoms with Crippen LogP contribution >= 0.6 is 23.4 Å². The number of rotatable bonds is 4. The Labute approximate surface area is 183 Å². The zero-order valence-corrected chi connectivity index (χ0v) is 17.2. The van der Waals surface area contributed by atoms with Crippen molar-refractivity contribution in [2.24, 2.45) is 10.2 Å². The largest absolute Gasteiger partial charge is 0.466 e. The van der Waals surface area contributed by atoms with Crippen LogP contribution in [0, 0.1) is 0 Å². The lowest BCUT2D eigenvalue weighted by molar-refractivity contribution is -0.137. The van der Waals surface area contributed by atoms with Gasteiger partial charge >= 0.3 is 12.1 Å². The molecule has 2 aromatic rings. The third-order valence-electron chi connectivity index (χ3n) is 3.78. The molecule has 1 saturated heterocycles. The highest BCUT2D eigenvalue weighted by molar-refractivity contribution is 8.18. The number of alkyl halides is 3. The van der Waals surface area contributed by atoms with Gasteiger partial charge in [-0.15, -0.1) is 5.10 Å². The van der Waals surface area contributed by atoms with Crippen LogP contribution in [-0.2, 0) is 20.5 Å². The van der Waals surface area contributed by atoms with Crippen molar-refractivity contribution in [2.75, 3.05) is 7.11 Å². The van der Waals surface area contributed by atoms with E-state index in [0.717, 1.165) is 30.0 Å². The summed E-state index contributed by atoms with van der Waals surface area (Å²) in [5.41, 5.74) is 0.234. The number of nitrogens with one attached hydrogen (secondary N) is 1. The van der Waals surface area contributed by atoms with Crippen molar-refractivity contribution >= 4 is 46.6 Å². The maximum Gasteiger partial charge on any atom is 0.416 e. The third-order valence-corrected chi connectivity index (χ3v) is 4.88. The number of methoxy groups -OCH3 is 1. The maximum atomic E-state index is 13.0. The van der Waals surface area contributed by atoms with Crippen molar-refractivity contribution < 1.29 is 27.5 Å². The van der Waals surface area contributed by atoms with Gasteiger partial charge in [-0.1, -0.05) is 35.9 Å². The lowest BCUT2D eigenvalue weighted by atomic mass is 10.1. The average molecular weight is 469 g/mol. The van der Waals surface area contributed by atoms with E-state index in [1.54, 1.807) is 24.3 Å². The van der Waals surface area contributed by atoms with Gasteiger partial charge in [0, 0.05) is 11.6 Å². The molecular formula is C19H12ClF3N4O3S. The van der Waals surface area contributed by atoms with Gasteiger partial charge in [0.05, 0.1) is 29.5 Å². The maximum absolute atomic E-state index is 13.0. The Kier molecular flexibility index (Phi) is 6.76. The highest BCUT2D eigenvalue weighted by Gasteiger charge is 2.31. The lowest BCUT2D eigenvalue weighted by Gasteiger charge is -2.09. The Bertz CT molecular complexity index is 1120. The van der Waals surface area contributed by atoms with Crippen LogP contribution in [0.1, 0.15) is 11.1 Å². The zero-order chi connectivity index (χ0) is 22.6. The van der Waals surface area contributed by atoms with Gasteiger partial charge in [0.15, 0.2) is 5.17 Å². The fourth-order valence-electron chi connectivity index (χ4n) is 2.34. The fourth-order valence-corrected chi connectivity index (χ4v) is 3.28. The second-order valence-corrected chi connectivity index (χ2v) is 7.34. The van der Waals surface area contributed by atoms with Crippen LogP contribution in [-0.4, -0.2) is 35.4 Å². The van der Waals surface area contributed by atoms with Crippen LogP contribution in [0.4, 0.5) is 13.2 Å². The predicted molar refractivity (Wildman–Crippen MR) is 111 cm³/mol. The number of nitrogens with zero attached hydrogens (tertiary/aromatic N) is 3. The van der Waals surface area contributed by atoms with Gasteiger partial charge in [0.2, 0.25) is 0 Å². The number of carbonyl (C=O) groups excluding carboxylic acids is 2. The number of hydrogen-bond donors (Lipinski definition) is 1. The van der Waals surface area contributed by atoms with Crippen molar-refractivity contribution in [3.63, 3.8) is 0 Å². The van der Waals surface area contributed by atoms with Crippen LogP contribution in [0.5, 0.6) is 0 Å². The number of amides is 1. The van der Waals surface area contributed by atoms with E-state index in [4.69, 9.17) is 11.6 Å². The van der Waals surface area contributed by atoms with Crippen LogP contribution in [0.25, 0.3) is 11.3 Å². The first-order valence-electron chi connectivity index (χ1n) is 8.41. The van der Waals surface area contributed by atoms with Crippen LogP contribution in [0.2, 0.25) is 5.15 Å². The fraction of sp³-hybridized carbons (Fsp3) is 0.105. The van der Waals surface area contributed by atoms with E-state index >= 15 is 0 Å². The standard InChI is InChI=1S/C19H12ClF3N4O3S/c1-30-16(28)8-14-17(29)26-18(31-14)27-24-9-10-2-4-11(5-3-10)13-6-12(19(21,22)23)7-15(20)25-13/h2-9H,1H3,(H,26,27,29)/b14-8+,24-9?. The molecule has 1 aliphatic rings. The molecule has 0 unspecified atom stereocenters. The predicted octanol–water partition coefficient (Wildman–Crippen LogP) is 4.03.